The van der Waals surface area contributed by atoms with Crippen LogP contribution in [-0.2, 0) is 31.2 Å². The number of amides is 1. The minimum absolute atomic E-state index is 0.113. The van der Waals surface area contributed by atoms with Crippen LogP contribution in [-0.4, -0.2) is 117 Å². The maximum absolute atomic E-state index is 13.3. The number of aliphatic hydroxyl groups excluding tert-OH is 5. The number of carbonyl (C=O) groups excluding carboxylic acids is 1. The van der Waals surface area contributed by atoms with Gasteiger partial charge in [0, 0.05) is 46.5 Å². The minimum Gasteiger partial charge on any atom is -0.490 e. The number of hydrogen-bond donors (Lipinski definition) is 5. The van der Waals surface area contributed by atoms with E-state index in [1.165, 1.54) is 4.90 Å². The van der Waals surface area contributed by atoms with Crippen LogP contribution >= 0.6 is 23.4 Å². The van der Waals surface area contributed by atoms with E-state index in [9.17, 15) is 25.2 Å². The first-order valence-electron chi connectivity index (χ1n) is 18.3. The van der Waals surface area contributed by atoms with Gasteiger partial charge in [0.2, 0.25) is 0 Å². The minimum atomic E-state index is -1.81. The summed E-state index contributed by atoms with van der Waals surface area (Å²) in [6.45, 7) is 0.954. The van der Waals surface area contributed by atoms with E-state index < -0.39 is 42.2 Å². The quantitative estimate of drug-likeness (QED) is 0.0826. The summed E-state index contributed by atoms with van der Waals surface area (Å²) >= 11 is 8.37. The number of nitrogens with zero attached hydrogens (tertiary/aromatic N) is 2. The topological polar surface area (TPSA) is 171 Å². The molecule has 5 unspecified atom stereocenters. The molecule has 0 bridgehead atoms. The van der Waals surface area contributed by atoms with Gasteiger partial charge in [-0.05, 0) is 85.7 Å². The first kappa shape index (κ1) is 39.9. The van der Waals surface area contributed by atoms with Gasteiger partial charge in [-0.1, -0.05) is 36.2 Å². The number of aromatic nitrogens is 1. The molecule has 0 spiro atoms. The van der Waals surface area contributed by atoms with Crippen molar-refractivity contribution in [1.82, 2.24) is 9.88 Å². The molecule has 2 aliphatic carbocycles. The van der Waals surface area contributed by atoms with Crippen LogP contribution < -0.4 is 4.74 Å². The van der Waals surface area contributed by atoms with Crippen molar-refractivity contribution < 1.29 is 49.3 Å². The fourth-order valence-electron chi connectivity index (χ4n) is 6.41. The lowest BCUT2D eigenvalue weighted by molar-refractivity contribution is -0.278. The Morgan fingerprint density at radius 2 is 1.77 bits per heavy atom. The van der Waals surface area contributed by atoms with Crippen LogP contribution in [0.2, 0.25) is 5.02 Å². The second-order valence-electron chi connectivity index (χ2n) is 13.8. The van der Waals surface area contributed by atoms with E-state index >= 15 is 0 Å². The zero-order chi connectivity index (χ0) is 37.4. The highest BCUT2D eigenvalue weighted by Crippen LogP contribution is 2.53. The molecule has 1 amide bonds. The zero-order valence-corrected chi connectivity index (χ0v) is 31.2. The standard InChI is InChI=1S/C39H49ClN2O10S/c40-31-11-10-27(53-21-5-1-4-16-42(17-19-49-20-18-43)37(47)36-34(45)33(44)35(46)38(48)52-36)22-25(31)24-50-39(13-14-39)30-23-41-15-12-28(30)29-6-2-3-7-32(29)51-26-8-9-26/h2-3,6-7,10-12,15,22-23,26,33-36,38,43-46,48H,1,4-5,8-9,13-14,16-21,24H2. The first-order valence-corrected chi connectivity index (χ1v) is 19.7. The van der Waals surface area contributed by atoms with Gasteiger partial charge >= 0.3 is 0 Å². The van der Waals surface area contributed by atoms with Crippen LogP contribution in [0.15, 0.2) is 65.8 Å². The normalized spacial score (nSPS) is 23.5. The van der Waals surface area contributed by atoms with Crippen molar-refractivity contribution >= 4 is 29.3 Å². The van der Waals surface area contributed by atoms with Crippen molar-refractivity contribution in [2.45, 2.75) is 98.9 Å². The van der Waals surface area contributed by atoms with Crippen LogP contribution in [0.1, 0.15) is 56.1 Å². The van der Waals surface area contributed by atoms with Crippen molar-refractivity contribution in [2.24, 2.45) is 0 Å². The molecule has 12 nitrogen and oxygen atoms in total. The Morgan fingerprint density at radius 3 is 2.55 bits per heavy atom. The van der Waals surface area contributed by atoms with E-state index in [1.807, 2.05) is 48.8 Å². The molecule has 0 radical (unpaired) electrons. The summed E-state index contributed by atoms with van der Waals surface area (Å²) < 4.78 is 23.4. The fourth-order valence-corrected chi connectivity index (χ4v) is 7.56. The number of pyridine rings is 1. The monoisotopic (exact) mass is 772 g/mol. The molecule has 1 aliphatic heterocycles. The molecule has 5 atom stereocenters. The Bertz CT molecular complexity index is 1660. The van der Waals surface area contributed by atoms with Crippen molar-refractivity contribution in [3.8, 4) is 16.9 Å². The molecule has 53 heavy (non-hydrogen) atoms. The van der Waals surface area contributed by atoms with Crippen molar-refractivity contribution in [3.63, 3.8) is 0 Å². The van der Waals surface area contributed by atoms with Crippen LogP contribution in [0, 0.1) is 0 Å². The number of ether oxygens (including phenoxy) is 4. The van der Waals surface area contributed by atoms with Crippen molar-refractivity contribution in [2.75, 3.05) is 38.7 Å². The Morgan fingerprint density at radius 1 is 0.962 bits per heavy atom. The van der Waals surface area contributed by atoms with E-state index in [2.05, 4.69) is 17.1 Å². The largest absolute Gasteiger partial charge is 0.490 e. The molecule has 5 N–H and O–H groups in total. The van der Waals surface area contributed by atoms with Gasteiger partial charge in [0.1, 0.15) is 24.1 Å². The molecule has 14 heteroatoms. The second kappa shape index (κ2) is 18.7. The second-order valence-corrected chi connectivity index (χ2v) is 15.3. The Labute approximate surface area is 319 Å². The number of carbonyl (C=O) groups is 1. The summed E-state index contributed by atoms with van der Waals surface area (Å²) in [6.07, 6.45) is 1.79. The van der Waals surface area contributed by atoms with Crippen molar-refractivity contribution in [1.29, 1.82) is 0 Å². The molecule has 2 heterocycles. The van der Waals surface area contributed by atoms with E-state index in [0.717, 1.165) is 77.2 Å². The maximum atomic E-state index is 13.3. The summed E-state index contributed by atoms with van der Waals surface area (Å²) in [4.78, 5) is 20.3. The number of aliphatic hydroxyl groups is 5. The number of hydrogen-bond acceptors (Lipinski definition) is 12. The number of benzene rings is 2. The molecular weight excluding hydrogens is 724 g/mol. The third-order valence-electron chi connectivity index (χ3n) is 9.76. The predicted molar refractivity (Wildman–Crippen MR) is 198 cm³/mol. The van der Waals surface area contributed by atoms with E-state index in [0.29, 0.717) is 24.6 Å². The Kier molecular flexibility index (Phi) is 14.0. The lowest BCUT2D eigenvalue weighted by Crippen LogP contribution is -2.62. The molecule has 1 aromatic heterocycles. The van der Waals surface area contributed by atoms with Crippen LogP contribution in [0.4, 0.5) is 0 Å². The highest BCUT2D eigenvalue weighted by Gasteiger charge is 2.48. The molecule has 6 rings (SSSR count). The third-order valence-corrected chi connectivity index (χ3v) is 11.2. The maximum Gasteiger partial charge on any atom is 0.254 e. The average molecular weight is 773 g/mol. The van der Waals surface area contributed by atoms with Crippen LogP contribution in [0.3, 0.4) is 0 Å². The number of para-hydroxylation sites is 1. The molecule has 1 saturated heterocycles. The Hall–Kier alpha value is -2.82. The summed E-state index contributed by atoms with van der Waals surface area (Å²) in [7, 11) is 0. The zero-order valence-electron chi connectivity index (χ0n) is 29.6. The molecule has 3 fully saturated rings. The Balaban J connectivity index is 1.000. The lowest BCUT2D eigenvalue weighted by atomic mass is 9.96. The number of rotatable bonds is 20. The smallest absolute Gasteiger partial charge is 0.254 e. The molecule has 3 aliphatic rings. The molecule has 2 aromatic carbocycles. The highest BCUT2D eigenvalue weighted by molar-refractivity contribution is 7.99. The van der Waals surface area contributed by atoms with Gasteiger partial charge in [-0.25, -0.2) is 0 Å². The molecular formula is C39H49ClN2O10S. The van der Waals surface area contributed by atoms with E-state index in [-0.39, 0.29) is 32.5 Å². The summed E-state index contributed by atoms with van der Waals surface area (Å²) in [5, 5.41) is 49.8. The van der Waals surface area contributed by atoms with Crippen LogP contribution in [0.25, 0.3) is 11.1 Å². The van der Waals surface area contributed by atoms with Gasteiger partial charge in [0.15, 0.2) is 12.4 Å². The van der Waals surface area contributed by atoms with Gasteiger partial charge in [-0.2, -0.15) is 0 Å². The van der Waals surface area contributed by atoms with Gasteiger partial charge < -0.3 is 49.4 Å². The van der Waals surface area contributed by atoms with Gasteiger partial charge in [-0.15, -0.1) is 11.8 Å². The molecule has 2 saturated carbocycles. The summed E-state index contributed by atoms with van der Waals surface area (Å²) in [5.41, 5.74) is 3.66. The predicted octanol–water partition coefficient (Wildman–Crippen LogP) is 4.05. The van der Waals surface area contributed by atoms with Gasteiger partial charge in [0.25, 0.3) is 5.91 Å². The number of thioether (sulfide) groups is 1. The number of halogens is 1. The van der Waals surface area contributed by atoms with Crippen LogP contribution in [0.5, 0.6) is 5.75 Å². The third kappa shape index (κ3) is 10.3. The fraction of sp³-hybridized carbons (Fsp3) is 0.538. The lowest BCUT2D eigenvalue weighted by Gasteiger charge is -2.39. The first-order chi connectivity index (χ1) is 25.7. The van der Waals surface area contributed by atoms with Crippen molar-refractivity contribution in [3.05, 3.63) is 77.1 Å². The average Bonchev–Trinajstić information content (AvgIpc) is 4.12. The van der Waals surface area contributed by atoms with Gasteiger partial charge in [-0.3, -0.25) is 9.78 Å². The molecule has 288 valence electrons. The van der Waals surface area contributed by atoms with E-state index in [4.69, 9.17) is 35.7 Å². The number of unbranched alkanes of at least 4 members (excludes halogenated alkanes) is 2. The SMILES string of the molecule is O=C(C1OC(O)C(O)C(O)C1O)N(CCCCCSc1ccc(Cl)c(COC2(c3cnccc3-c3ccccc3OC3CC3)CC2)c1)CCOCCO. The summed E-state index contributed by atoms with van der Waals surface area (Å²) in [6, 6.07) is 16.2. The molecule has 3 aromatic rings. The highest BCUT2D eigenvalue weighted by atomic mass is 35.5. The van der Waals surface area contributed by atoms with E-state index in [1.54, 1.807) is 11.8 Å². The van der Waals surface area contributed by atoms with Gasteiger partial charge in [0.05, 0.1) is 38.1 Å². The summed E-state index contributed by atoms with van der Waals surface area (Å²) in [5.74, 6) is 1.10.